The van der Waals surface area contributed by atoms with Crippen molar-refractivity contribution < 1.29 is 4.79 Å². The third-order valence-electron chi connectivity index (χ3n) is 3.05. The van der Waals surface area contributed by atoms with Crippen LogP contribution in [-0.2, 0) is 0 Å². The minimum atomic E-state index is 0.175. The van der Waals surface area contributed by atoms with Gasteiger partial charge in [-0.1, -0.05) is 0 Å². The summed E-state index contributed by atoms with van der Waals surface area (Å²) in [7, 11) is 2.07. The first-order valence-electron chi connectivity index (χ1n) is 5.61. The molecule has 1 saturated heterocycles. The first-order valence-corrected chi connectivity index (χ1v) is 5.61. The van der Waals surface area contributed by atoms with Crippen LogP contribution < -0.4 is 5.32 Å². The van der Waals surface area contributed by atoms with Crippen LogP contribution in [0.15, 0.2) is 24.5 Å². The molecule has 0 radical (unpaired) electrons. The molecule has 4 nitrogen and oxygen atoms in total. The Morgan fingerprint density at radius 2 is 2.56 bits per heavy atom. The van der Waals surface area contributed by atoms with Crippen molar-refractivity contribution in [2.24, 2.45) is 0 Å². The molecule has 0 spiro atoms. The molecule has 1 unspecified atom stereocenters. The molecule has 1 N–H and O–H groups in total. The molecule has 1 aromatic heterocycles. The van der Waals surface area contributed by atoms with Gasteiger partial charge < -0.3 is 10.2 Å². The molecule has 1 fully saturated rings. The minimum absolute atomic E-state index is 0.175. The molecule has 2 rings (SSSR count). The average molecular weight is 219 g/mol. The van der Waals surface area contributed by atoms with E-state index in [1.807, 2.05) is 6.07 Å². The lowest BCUT2D eigenvalue weighted by Crippen LogP contribution is -2.49. The molecule has 0 amide bonds. The Bertz CT molecular complexity index is 353. The van der Waals surface area contributed by atoms with E-state index in [1.165, 1.54) is 0 Å². The van der Waals surface area contributed by atoms with E-state index in [2.05, 4.69) is 22.2 Å². The van der Waals surface area contributed by atoms with Crippen molar-refractivity contribution in [3.05, 3.63) is 30.1 Å². The lowest BCUT2D eigenvalue weighted by Gasteiger charge is -2.32. The van der Waals surface area contributed by atoms with Crippen molar-refractivity contribution in [1.29, 1.82) is 0 Å². The van der Waals surface area contributed by atoms with Gasteiger partial charge in [0.15, 0.2) is 5.78 Å². The van der Waals surface area contributed by atoms with Gasteiger partial charge in [-0.05, 0) is 19.2 Å². The van der Waals surface area contributed by atoms with Gasteiger partial charge in [-0.15, -0.1) is 0 Å². The lowest BCUT2D eigenvalue weighted by molar-refractivity contribution is 0.0917. The van der Waals surface area contributed by atoms with E-state index in [9.17, 15) is 4.79 Å². The Hall–Kier alpha value is -1.26. The van der Waals surface area contributed by atoms with Gasteiger partial charge in [0.2, 0.25) is 0 Å². The standard InChI is InChI=1S/C12H17N3O/c1-15-6-5-14-9-11(15)7-12(16)10-3-2-4-13-8-10/h2-4,8,11,14H,5-7,9H2,1H3. The zero-order valence-electron chi connectivity index (χ0n) is 9.52. The predicted molar refractivity (Wildman–Crippen MR) is 62.5 cm³/mol. The number of piperazine rings is 1. The molecule has 1 aromatic rings. The monoisotopic (exact) mass is 219 g/mol. The number of Topliss-reactive ketones (excluding diaryl/α,β-unsaturated/α-hetero) is 1. The number of rotatable bonds is 3. The second kappa shape index (κ2) is 5.18. The summed E-state index contributed by atoms with van der Waals surface area (Å²) in [6, 6.07) is 3.93. The second-order valence-corrected chi connectivity index (χ2v) is 4.21. The molecule has 86 valence electrons. The van der Waals surface area contributed by atoms with Crippen molar-refractivity contribution in [2.45, 2.75) is 12.5 Å². The largest absolute Gasteiger partial charge is 0.314 e. The Balaban J connectivity index is 1.96. The summed E-state index contributed by atoms with van der Waals surface area (Å²) in [6.45, 7) is 2.90. The van der Waals surface area contributed by atoms with Gasteiger partial charge in [-0.25, -0.2) is 0 Å². The topological polar surface area (TPSA) is 45.2 Å². The smallest absolute Gasteiger partial charge is 0.166 e. The molecular formula is C12H17N3O. The summed E-state index contributed by atoms with van der Waals surface area (Å²) < 4.78 is 0. The van der Waals surface area contributed by atoms with Gasteiger partial charge in [0.05, 0.1) is 0 Å². The summed E-state index contributed by atoms with van der Waals surface area (Å²) in [5, 5.41) is 3.31. The van der Waals surface area contributed by atoms with Crippen LogP contribution in [0.25, 0.3) is 0 Å². The molecule has 1 aliphatic rings. The number of carbonyl (C=O) groups is 1. The molecule has 1 aliphatic heterocycles. The van der Waals surface area contributed by atoms with Crippen molar-refractivity contribution in [3.63, 3.8) is 0 Å². The number of aromatic nitrogens is 1. The molecular weight excluding hydrogens is 202 g/mol. The minimum Gasteiger partial charge on any atom is -0.314 e. The van der Waals surface area contributed by atoms with E-state index in [1.54, 1.807) is 18.5 Å². The number of nitrogens with one attached hydrogen (secondary N) is 1. The Labute approximate surface area is 95.7 Å². The van der Waals surface area contributed by atoms with E-state index >= 15 is 0 Å². The van der Waals surface area contributed by atoms with Crippen LogP contribution in [0, 0.1) is 0 Å². The van der Waals surface area contributed by atoms with Crippen LogP contribution in [0.3, 0.4) is 0 Å². The number of pyridine rings is 1. The molecule has 4 heteroatoms. The predicted octanol–water partition coefficient (Wildman–Crippen LogP) is 0.558. The lowest BCUT2D eigenvalue weighted by atomic mass is 10.0. The van der Waals surface area contributed by atoms with E-state index in [0.717, 1.165) is 19.6 Å². The number of likely N-dealkylation sites (N-methyl/N-ethyl adjacent to an activating group) is 1. The fourth-order valence-electron chi connectivity index (χ4n) is 1.95. The average Bonchev–Trinajstić information content (AvgIpc) is 2.33. The summed E-state index contributed by atoms with van der Waals surface area (Å²) in [6.07, 6.45) is 3.89. The molecule has 0 aromatic carbocycles. The molecule has 1 atom stereocenters. The fourth-order valence-corrected chi connectivity index (χ4v) is 1.95. The first kappa shape index (κ1) is 11.2. The molecule has 2 heterocycles. The maximum Gasteiger partial charge on any atom is 0.166 e. The van der Waals surface area contributed by atoms with Crippen LogP contribution in [0.5, 0.6) is 0 Å². The summed E-state index contributed by atoms with van der Waals surface area (Å²) in [5.74, 6) is 0.175. The second-order valence-electron chi connectivity index (χ2n) is 4.21. The van der Waals surface area contributed by atoms with Crippen LogP contribution in [0.4, 0.5) is 0 Å². The van der Waals surface area contributed by atoms with Crippen molar-refractivity contribution in [1.82, 2.24) is 15.2 Å². The zero-order chi connectivity index (χ0) is 11.4. The van der Waals surface area contributed by atoms with Gasteiger partial charge >= 0.3 is 0 Å². The molecule has 0 bridgehead atoms. The Morgan fingerprint density at radius 1 is 1.69 bits per heavy atom. The summed E-state index contributed by atoms with van der Waals surface area (Å²) in [5.41, 5.74) is 0.710. The highest BCUT2D eigenvalue weighted by Gasteiger charge is 2.21. The molecule has 0 saturated carbocycles. The highest BCUT2D eigenvalue weighted by atomic mass is 16.1. The third kappa shape index (κ3) is 2.65. The van der Waals surface area contributed by atoms with Crippen molar-refractivity contribution in [2.75, 3.05) is 26.7 Å². The normalized spacial score (nSPS) is 21.9. The van der Waals surface area contributed by atoms with E-state index in [0.29, 0.717) is 18.0 Å². The van der Waals surface area contributed by atoms with Gasteiger partial charge in [0.25, 0.3) is 0 Å². The number of ketones is 1. The maximum absolute atomic E-state index is 12.0. The van der Waals surface area contributed by atoms with E-state index in [4.69, 9.17) is 0 Å². The van der Waals surface area contributed by atoms with Crippen molar-refractivity contribution >= 4 is 5.78 Å². The molecule has 0 aliphatic carbocycles. The highest BCUT2D eigenvalue weighted by Crippen LogP contribution is 2.09. The maximum atomic E-state index is 12.0. The summed E-state index contributed by atoms with van der Waals surface area (Å²) in [4.78, 5) is 18.2. The number of carbonyl (C=O) groups excluding carboxylic acids is 1. The SMILES string of the molecule is CN1CCNCC1CC(=O)c1cccnc1. The quantitative estimate of drug-likeness (QED) is 0.754. The Morgan fingerprint density at radius 3 is 3.25 bits per heavy atom. The molecule has 16 heavy (non-hydrogen) atoms. The van der Waals surface area contributed by atoms with Crippen LogP contribution >= 0.6 is 0 Å². The Kier molecular flexibility index (Phi) is 3.64. The van der Waals surface area contributed by atoms with Crippen LogP contribution in [0.1, 0.15) is 16.8 Å². The van der Waals surface area contributed by atoms with E-state index < -0.39 is 0 Å². The van der Waals surface area contributed by atoms with Gasteiger partial charge in [0, 0.05) is 50.1 Å². The van der Waals surface area contributed by atoms with Crippen LogP contribution in [0.2, 0.25) is 0 Å². The van der Waals surface area contributed by atoms with Gasteiger partial charge in [0.1, 0.15) is 0 Å². The fraction of sp³-hybridized carbons (Fsp3) is 0.500. The van der Waals surface area contributed by atoms with E-state index in [-0.39, 0.29) is 5.78 Å². The van der Waals surface area contributed by atoms with Gasteiger partial charge in [-0.3, -0.25) is 9.78 Å². The number of nitrogens with zero attached hydrogens (tertiary/aromatic N) is 2. The summed E-state index contributed by atoms with van der Waals surface area (Å²) >= 11 is 0. The third-order valence-corrected chi connectivity index (χ3v) is 3.05. The first-order chi connectivity index (χ1) is 7.77. The highest BCUT2D eigenvalue weighted by molar-refractivity contribution is 5.96. The van der Waals surface area contributed by atoms with Crippen molar-refractivity contribution in [3.8, 4) is 0 Å². The number of hydrogen-bond donors (Lipinski definition) is 1. The van der Waals surface area contributed by atoms with Crippen LogP contribution in [-0.4, -0.2) is 48.4 Å². The van der Waals surface area contributed by atoms with Gasteiger partial charge in [-0.2, -0.15) is 0 Å². The zero-order valence-corrected chi connectivity index (χ0v) is 9.52. The number of hydrogen-bond acceptors (Lipinski definition) is 4.